The van der Waals surface area contributed by atoms with Crippen LogP contribution in [0.5, 0.6) is 0 Å². The molecule has 0 N–H and O–H groups in total. The predicted molar refractivity (Wildman–Crippen MR) is 31.3 cm³/mol. The zero-order chi connectivity index (χ0) is 6.91. The van der Waals surface area contributed by atoms with Gasteiger partial charge in [-0.15, -0.1) is 0 Å². The first-order chi connectivity index (χ1) is 4.11. The van der Waals surface area contributed by atoms with E-state index in [1.807, 2.05) is 0 Å². The summed E-state index contributed by atoms with van der Waals surface area (Å²) in [6, 6.07) is 0. The molecule has 0 nitrogen and oxygen atoms in total. The molecule has 0 heterocycles. The SMILES string of the molecule is F[Si](F)(F)C1CCCC1. The first-order valence-corrected chi connectivity index (χ1v) is 4.88. The van der Waals surface area contributed by atoms with E-state index in [0.29, 0.717) is 12.8 Å². The van der Waals surface area contributed by atoms with Crippen LogP contribution in [-0.4, -0.2) is 9.08 Å². The maximum absolute atomic E-state index is 11.9. The van der Waals surface area contributed by atoms with Crippen molar-refractivity contribution < 1.29 is 12.3 Å². The van der Waals surface area contributed by atoms with Crippen molar-refractivity contribution in [3.8, 4) is 0 Å². The van der Waals surface area contributed by atoms with Gasteiger partial charge in [-0.2, -0.15) is 0 Å². The van der Waals surface area contributed by atoms with Crippen molar-refractivity contribution in [1.29, 1.82) is 0 Å². The number of hydrogen-bond donors (Lipinski definition) is 0. The van der Waals surface area contributed by atoms with Crippen molar-refractivity contribution in [2.75, 3.05) is 0 Å². The van der Waals surface area contributed by atoms with Crippen LogP contribution in [-0.2, 0) is 0 Å². The molecule has 0 atom stereocenters. The van der Waals surface area contributed by atoms with Crippen LogP contribution in [0.4, 0.5) is 12.3 Å². The molecule has 0 aromatic carbocycles. The average molecular weight is 154 g/mol. The fourth-order valence-corrected chi connectivity index (χ4v) is 2.32. The quantitative estimate of drug-likeness (QED) is 0.402. The van der Waals surface area contributed by atoms with Gasteiger partial charge in [0.1, 0.15) is 0 Å². The zero-order valence-corrected chi connectivity index (χ0v) is 6.04. The topological polar surface area (TPSA) is 0 Å². The summed E-state index contributed by atoms with van der Waals surface area (Å²) in [5.41, 5.74) is -0.850. The summed E-state index contributed by atoms with van der Waals surface area (Å²) in [6.45, 7) is 0. The fraction of sp³-hybridized carbons (Fsp3) is 1.00. The van der Waals surface area contributed by atoms with Crippen molar-refractivity contribution in [3.05, 3.63) is 0 Å². The van der Waals surface area contributed by atoms with Crippen molar-refractivity contribution in [2.24, 2.45) is 0 Å². The smallest absolute Gasteiger partial charge is 0.237 e. The Bertz CT molecular complexity index is 92.9. The third-order valence-electron chi connectivity index (χ3n) is 1.82. The zero-order valence-electron chi connectivity index (χ0n) is 5.04. The lowest BCUT2D eigenvalue weighted by Crippen LogP contribution is -2.21. The molecule has 0 aromatic rings. The molecule has 1 fully saturated rings. The molecule has 9 heavy (non-hydrogen) atoms. The second-order valence-electron chi connectivity index (χ2n) is 2.52. The maximum atomic E-state index is 11.9. The minimum absolute atomic E-state index is 0.412. The molecule has 0 unspecified atom stereocenters. The Morgan fingerprint density at radius 2 is 1.44 bits per heavy atom. The third kappa shape index (κ3) is 1.71. The number of rotatable bonds is 1. The molecule has 4 heteroatoms. The highest BCUT2D eigenvalue weighted by Gasteiger charge is 2.47. The summed E-state index contributed by atoms with van der Waals surface area (Å²) in [4.78, 5) is 0. The second kappa shape index (κ2) is 2.32. The van der Waals surface area contributed by atoms with Gasteiger partial charge in [-0.25, -0.2) is 12.3 Å². The van der Waals surface area contributed by atoms with E-state index < -0.39 is 14.6 Å². The minimum atomic E-state index is -5.22. The molecule has 0 bridgehead atoms. The predicted octanol–water partition coefficient (Wildman–Crippen LogP) is 2.78. The van der Waals surface area contributed by atoms with Crippen LogP contribution in [0.25, 0.3) is 0 Å². The van der Waals surface area contributed by atoms with Gasteiger partial charge in [-0.05, 0) is 12.8 Å². The Morgan fingerprint density at radius 1 is 1.00 bits per heavy atom. The number of halogens is 3. The van der Waals surface area contributed by atoms with Gasteiger partial charge in [0.2, 0.25) is 0 Å². The van der Waals surface area contributed by atoms with Gasteiger partial charge >= 0.3 is 9.08 Å². The molecule has 54 valence electrons. The molecular formula is C5H9F3Si. The molecule has 0 saturated heterocycles. The summed E-state index contributed by atoms with van der Waals surface area (Å²) < 4.78 is 35.7. The minimum Gasteiger partial charge on any atom is -0.237 e. The molecular weight excluding hydrogens is 145 g/mol. The summed E-state index contributed by atoms with van der Waals surface area (Å²) in [6.07, 6.45) is 2.40. The highest BCUT2D eigenvalue weighted by molar-refractivity contribution is 6.60. The van der Waals surface area contributed by atoms with E-state index in [4.69, 9.17) is 0 Å². The monoisotopic (exact) mass is 154 g/mol. The van der Waals surface area contributed by atoms with Crippen molar-refractivity contribution in [1.82, 2.24) is 0 Å². The third-order valence-corrected chi connectivity index (χ3v) is 3.32. The lowest BCUT2D eigenvalue weighted by molar-refractivity contribution is 0.432. The largest absolute Gasteiger partial charge is 0.619 e. The van der Waals surface area contributed by atoms with E-state index >= 15 is 0 Å². The molecule has 1 rings (SSSR count). The highest BCUT2D eigenvalue weighted by atomic mass is 28.5. The molecule has 0 amide bonds. The van der Waals surface area contributed by atoms with Crippen LogP contribution in [0.2, 0.25) is 5.54 Å². The summed E-state index contributed by atoms with van der Waals surface area (Å²) in [7, 11) is -5.22. The van der Waals surface area contributed by atoms with E-state index in [1.165, 1.54) is 0 Å². The first-order valence-electron chi connectivity index (χ1n) is 3.17. The molecule has 0 aromatic heterocycles. The van der Waals surface area contributed by atoms with Crippen LogP contribution >= 0.6 is 0 Å². The highest BCUT2D eigenvalue weighted by Crippen LogP contribution is 2.40. The van der Waals surface area contributed by atoms with E-state index in [-0.39, 0.29) is 0 Å². The van der Waals surface area contributed by atoms with E-state index in [1.54, 1.807) is 0 Å². The fourth-order valence-electron chi connectivity index (χ4n) is 1.25. The normalized spacial score (nSPS) is 23.0. The van der Waals surface area contributed by atoms with Gasteiger partial charge in [0.15, 0.2) is 0 Å². The Hall–Kier alpha value is 0.00688. The first kappa shape index (κ1) is 7.12. The molecule has 0 radical (unpaired) electrons. The van der Waals surface area contributed by atoms with Gasteiger partial charge in [0.05, 0.1) is 0 Å². The molecule has 1 saturated carbocycles. The van der Waals surface area contributed by atoms with Crippen molar-refractivity contribution in [3.63, 3.8) is 0 Å². The maximum Gasteiger partial charge on any atom is 0.619 e. The van der Waals surface area contributed by atoms with Gasteiger partial charge in [-0.1, -0.05) is 12.8 Å². The van der Waals surface area contributed by atoms with E-state index in [0.717, 1.165) is 12.8 Å². The van der Waals surface area contributed by atoms with Gasteiger partial charge in [-0.3, -0.25) is 0 Å². The van der Waals surface area contributed by atoms with Crippen molar-refractivity contribution >= 4 is 9.08 Å². The summed E-state index contributed by atoms with van der Waals surface area (Å²) >= 11 is 0. The summed E-state index contributed by atoms with van der Waals surface area (Å²) in [5, 5.41) is 0. The van der Waals surface area contributed by atoms with Crippen LogP contribution in [0.3, 0.4) is 0 Å². The molecule has 1 aliphatic carbocycles. The van der Waals surface area contributed by atoms with Crippen LogP contribution < -0.4 is 0 Å². The van der Waals surface area contributed by atoms with Gasteiger partial charge in [0.25, 0.3) is 0 Å². The Labute approximate surface area is 53.6 Å². The molecule has 1 aliphatic rings. The number of hydrogen-bond acceptors (Lipinski definition) is 0. The molecule has 0 spiro atoms. The lowest BCUT2D eigenvalue weighted by Gasteiger charge is -2.07. The molecule has 0 aliphatic heterocycles. The van der Waals surface area contributed by atoms with Crippen LogP contribution in [0.1, 0.15) is 25.7 Å². The second-order valence-corrected chi connectivity index (χ2v) is 4.42. The van der Waals surface area contributed by atoms with Crippen molar-refractivity contribution in [2.45, 2.75) is 31.2 Å². The Kier molecular flexibility index (Phi) is 1.84. The van der Waals surface area contributed by atoms with Gasteiger partial charge in [0, 0.05) is 5.54 Å². The Balaban J connectivity index is 2.42. The lowest BCUT2D eigenvalue weighted by atomic mass is 10.4. The van der Waals surface area contributed by atoms with Crippen LogP contribution in [0, 0.1) is 0 Å². The van der Waals surface area contributed by atoms with Crippen LogP contribution in [0.15, 0.2) is 0 Å². The average Bonchev–Trinajstić information content (AvgIpc) is 2.08. The standard InChI is InChI=1S/C5H9F3Si/c6-9(7,8)5-3-1-2-4-5/h5H,1-4H2. The van der Waals surface area contributed by atoms with E-state index in [9.17, 15) is 12.3 Å². The van der Waals surface area contributed by atoms with Gasteiger partial charge < -0.3 is 0 Å². The summed E-state index contributed by atoms with van der Waals surface area (Å²) in [5.74, 6) is 0. The van der Waals surface area contributed by atoms with E-state index in [2.05, 4.69) is 0 Å². The Morgan fingerprint density at radius 3 is 1.67 bits per heavy atom.